The van der Waals surface area contributed by atoms with Crippen molar-refractivity contribution >= 4 is 5.97 Å². The molecule has 3 heteroatoms. The van der Waals surface area contributed by atoms with Gasteiger partial charge in [0.05, 0.1) is 12.2 Å². The van der Waals surface area contributed by atoms with Crippen molar-refractivity contribution in [3.8, 4) is 0 Å². The molecule has 0 aromatic heterocycles. The zero-order valence-electron chi connectivity index (χ0n) is 13.8. The van der Waals surface area contributed by atoms with E-state index in [0.717, 1.165) is 12.8 Å². The predicted octanol–water partition coefficient (Wildman–Crippen LogP) is 5.90. The van der Waals surface area contributed by atoms with Gasteiger partial charge >= 0.3 is 5.97 Å². The molecule has 124 valence electrons. The van der Waals surface area contributed by atoms with Gasteiger partial charge in [0.1, 0.15) is 5.82 Å². The van der Waals surface area contributed by atoms with Gasteiger partial charge in [-0.05, 0) is 30.7 Å². The number of hydrogen-bond acceptors (Lipinski definition) is 2. The topological polar surface area (TPSA) is 26.3 Å². The van der Waals surface area contributed by atoms with Gasteiger partial charge < -0.3 is 4.74 Å². The fourth-order valence-electron chi connectivity index (χ4n) is 2.42. The summed E-state index contributed by atoms with van der Waals surface area (Å²) < 4.78 is 17.9. The SMILES string of the molecule is CCCCCCCCCCCCOC(=O)c1ccc(F)cc1. The molecule has 1 aromatic carbocycles. The fourth-order valence-corrected chi connectivity index (χ4v) is 2.42. The second kappa shape index (κ2) is 12.2. The summed E-state index contributed by atoms with van der Waals surface area (Å²) in [5.41, 5.74) is 0.411. The Hall–Kier alpha value is -1.38. The van der Waals surface area contributed by atoms with E-state index in [1.807, 2.05) is 0 Å². The highest BCUT2D eigenvalue weighted by atomic mass is 19.1. The van der Waals surface area contributed by atoms with Crippen LogP contribution in [-0.2, 0) is 4.74 Å². The molecule has 1 aromatic rings. The quantitative estimate of drug-likeness (QED) is 0.355. The van der Waals surface area contributed by atoms with Crippen LogP contribution in [0.4, 0.5) is 4.39 Å². The van der Waals surface area contributed by atoms with Crippen molar-refractivity contribution in [2.45, 2.75) is 71.1 Å². The first-order valence-corrected chi connectivity index (χ1v) is 8.66. The predicted molar refractivity (Wildman–Crippen MR) is 88.5 cm³/mol. The molecule has 0 aliphatic rings. The van der Waals surface area contributed by atoms with Crippen LogP contribution in [0.15, 0.2) is 24.3 Å². The van der Waals surface area contributed by atoms with E-state index in [1.165, 1.54) is 75.6 Å². The van der Waals surface area contributed by atoms with Gasteiger partial charge in [-0.25, -0.2) is 9.18 Å². The summed E-state index contributed by atoms with van der Waals surface area (Å²) >= 11 is 0. The number of ether oxygens (including phenoxy) is 1. The highest BCUT2D eigenvalue weighted by Crippen LogP contribution is 2.11. The van der Waals surface area contributed by atoms with Gasteiger partial charge in [-0.1, -0.05) is 64.7 Å². The fraction of sp³-hybridized carbons (Fsp3) is 0.632. The third-order valence-electron chi connectivity index (χ3n) is 3.81. The Kier molecular flexibility index (Phi) is 10.3. The van der Waals surface area contributed by atoms with Gasteiger partial charge in [-0.2, -0.15) is 0 Å². The third-order valence-corrected chi connectivity index (χ3v) is 3.81. The standard InChI is InChI=1S/C19H29FO2/c1-2-3-4-5-6-7-8-9-10-11-16-22-19(21)17-12-14-18(20)15-13-17/h12-15H,2-11,16H2,1H3. The largest absolute Gasteiger partial charge is 0.462 e. The Morgan fingerprint density at radius 3 is 1.91 bits per heavy atom. The van der Waals surface area contributed by atoms with Crippen molar-refractivity contribution in [2.75, 3.05) is 6.61 Å². The summed E-state index contributed by atoms with van der Waals surface area (Å²) in [4.78, 5) is 11.7. The summed E-state index contributed by atoms with van der Waals surface area (Å²) in [6.45, 7) is 2.69. The number of carbonyl (C=O) groups excluding carboxylic acids is 1. The maximum absolute atomic E-state index is 12.7. The second-order valence-corrected chi connectivity index (χ2v) is 5.82. The average Bonchev–Trinajstić information content (AvgIpc) is 2.53. The van der Waals surface area contributed by atoms with Gasteiger partial charge in [0.15, 0.2) is 0 Å². The number of carbonyl (C=O) groups is 1. The molecule has 0 aliphatic carbocycles. The Morgan fingerprint density at radius 2 is 1.36 bits per heavy atom. The smallest absolute Gasteiger partial charge is 0.338 e. The van der Waals surface area contributed by atoms with Crippen molar-refractivity contribution in [1.29, 1.82) is 0 Å². The maximum Gasteiger partial charge on any atom is 0.338 e. The zero-order valence-corrected chi connectivity index (χ0v) is 13.8. The first kappa shape index (κ1) is 18.7. The minimum atomic E-state index is -0.365. The van der Waals surface area contributed by atoms with E-state index in [-0.39, 0.29) is 11.8 Å². The van der Waals surface area contributed by atoms with Gasteiger partial charge in [0, 0.05) is 0 Å². The van der Waals surface area contributed by atoms with Crippen molar-refractivity contribution in [3.63, 3.8) is 0 Å². The molecule has 0 aliphatic heterocycles. The van der Waals surface area contributed by atoms with E-state index in [1.54, 1.807) is 0 Å². The molecule has 0 amide bonds. The highest BCUT2D eigenvalue weighted by molar-refractivity contribution is 5.89. The minimum Gasteiger partial charge on any atom is -0.462 e. The molecule has 22 heavy (non-hydrogen) atoms. The highest BCUT2D eigenvalue weighted by Gasteiger charge is 2.06. The molecule has 0 radical (unpaired) electrons. The monoisotopic (exact) mass is 308 g/mol. The Balaban J connectivity index is 1.93. The summed E-state index contributed by atoms with van der Waals surface area (Å²) in [5, 5.41) is 0. The van der Waals surface area contributed by atoms with E-state index in [0.29, 0.717) is 12.2 Å². The molecule has 0 saturated carbocycles. The van der Waals surface area contributed by atoms with Crippen LogP contribution >= 0.6 is 0 Å². The molecule has 0 unspecified atom stereocenters. The van der Waals surface area contributed by atoms with Crippen molar-refractivity contribution in [2.24, 2.45) is 0 Å². The Morgan fingerprint density at radius 1 is 0.864 bits per heavy atom. The molecule has 0 heterocycles. The van der Waals surface area contributed by atoms with Gasteiger partial charge in [-0.15, -0.1) is 0 Å². The molecule has 0 saturated heterocycles. The molecule has 2 nitrogen and oxygen atoms in total. The maximum atomic E-state index is 12.7. The molecular formula is C19H29FO2. The third kappa shape index (κ3) is 8.81. The molecule has 0 fully saturated rings. The van der Waals surface area contributed by atoms with Crippen molar-refractivity contribution in [3.05, 3.63) is 35.6 Å². The lowest BCUT2D eigenvalue weighted by molar-refractivity contribution is 0.0497. The van der Waals surface area contributed by atoms with Gasteiger partial charge in [0.2, 0.25) is 0 Å². The number of hydrogen-bond donors (Lipinski definition) is 0. The minimum absolute atomic E-state index is 0.341. The summed E-state index contributed by atoms with van der Waals surface area (Å²) in [6, 6.07) is 5.46. The van der Waals surface area contributed by atoms with E-state index in [4.69, 9.17) is 4.74 Å². The molecule has 0 atom stereocenters. The lowest BCUT2D eigenvalue weighted by Gasteiger charge is -2.05. The molecule has 0 N–H and O–H groups in total. The average molecular weight is 308 g/mol. The van der Waals surface area contributed by atoms with Crippen LogP contribution in [0.3, 0.4) is 0 Å². The van der Waals surface area contributed by atoms with Gasteiger partial charge in [0.25, 0.3) is 0 Å². The van der Waals surface area contributed by atoms with Crippen molar-refractivity contribution < 1.29 is 13.9 Å². The first-order valence-electron chi connectivity index (χ1n) is 8.66. The first-order chi connectivity index (χ1) is 10.7. The number of benzene rings is 1. The zero-order chi connectivity index (χ0) is 16.0. The molecule has 1 rings (SSSR count). The molecule has 0 bridgehead atoms. The summed E-state index contributed by atoms with van der Waals surface area (Å²) in [6.07, 6.45) is 12.6. The Labute approximate surface area is 134 Å². The lowest BCUT2D eigenvalue weighted by atomic mass is 10.1. The number of halogens is 1. The number of rotatable bonds is 12. The van der Waals surface area contributed by atoms with Crippen LogP contribution in [0.2, 0.25) is 0 Å². The summed E-state index contributed by atoms with van der Waals surface area (Å²) in [5.74, 6) is -0.706. The van der Waals surface area contributed by atoms with E-state index in [9.17, 15) is 9.18 Å². The van der Waals surface area contributed by atoms with Crippen molar-refractivity contribution in [1.82, 2.24) is 0 Å². The van der Waals surface area contributed by atoms with E-state index < -0.39 is 0 Å². The number of esters is 1. The van der Waals surface area contributed by atoms with Crippen LogP contribution in [0, 0.1) is 5.82 Å². The van der Waals surface area contributed by atoms with Crippen LogP contribution < -0.4 is 0 Å². The Bertz CT molecular complexity index is 400. The molecular weight excluding hydrogens is 279 g/mol. The van der Waals surface area contributed by atoms with E-state index >= 15 is 0 Å². The van der Waals surface area contributed by atoms with Crippen LogP contribution in [0.25, 0.3) is 0 Å². The lowest BCUT2D eigenvalue weighted by Crippen LogP contribution is -2.06. The second-order valence-electron chi connectivity index (χ2n) is 5.82. The summed E-state index contributed by atoms with van der Waals surface area (Å²) in [7, 11) is 0. The van der Waals surface area contributed by atoms with Crippen LogP contribution in [0.1, 0.15) is 81.5 Å². The van der Waals surface area contributed by atoms with Crippen LogP contribution in [0.5, 0.6) is 0 Å². The van der Waals surface area contributed by atoms with E-state index in [2.05, 4.69) is 6.92 Å². The van der Waals surface area contributed by atoms with Gasteiger partial charge in [-0.3, -0.25) is 0 Å². The molecule has 0 spiro atoms. The van der Waals surface area contributed by atoms with Crippen LogP contribution in [-0.4, -0.2) is 12.6 Å². The number of unbranched alkanes of at least 4 members (excludes halogenated alkanes) is 9. The normalized spacial score (nSPS) is 10.6.